The van der Waals surface area contributed by atoms with Gasteiger partial charge in [-0.2, -0.15) is 13.2 Å². The van der Waals surface area contributed by atoms with E-state index in [1.807, 2.05) is 6.92 Å². The number of nitrogens with zero attached hydrogens (tertiary/aromatic N) is 3. The molecule has 0 radical (unpaired) electrons. The first-order valence-electron chi connectivity index (χ1n) is 8.01. The van der Waals surface area contributed by atoms with Crippen molar-refractivity contribution in [2.75, 3.05) is 17.7 Å². The Morgan fingerprint density at radius 1 is 1.33 bits per heavy atom. The van der Waals surface area contributed by atoms with E-state index in [2.05, 4.69) is 9.97 Å². The van der Waals surface area contributed by atoms with Crippen LogP contribution in [0.15, 0.2) is 27.9 Å². The van der Waals surface area contributed by atoms with Crippen LogP contribution in [0.1, 0.15) is 35.8 Å². The largest absolute Gasteiger partial charge is 0.433 e. The monoisotopic (exact) mass is 385 g/mol. The summed E-state index contributed by atoms with van der Waals surface area (Å²) < 4.78 is 38.9. The van der Waals surface area contributed by atoms with Gasteiger partial charge in [0.05, 0.1) is 5.56 Å². The summed E-state index contributed by atoms with van der Waals surface area (Å²) in [6.45, 7) is 2.15. The number of alkyl halides is 3. The van der Waals surface area contributed by atoms with Crippen LogP contribution >= 0.6 is 0 Å². The standard InChI is InChI=1S/C16H18F3N5O3/c1-3-4-7-24-12(20)11(13(25)22-15(24)27)23(2)14(26)9-5-6-10(21-8-9)16(17,18)19/h5-6,8H,3-4,7,20H2,1-2H3,(H,22,25,27). The second-order valence-corrected chi connectivity index (χ2v) is 5.79. The molecule has 3 N–H and O–H groups in total. The molecule has 0 spiro atoms. The quantitative estimate of drug-likeness (QED) is 0.812. The number of aromatic nitrogens is 3. The number of H-pyrrole nitrogens is 1. The van der Waals surface area contributed by atoms with Gasteiger partial charge in [0.2, 0.25) is 0 Å². The van der Waals surface area contributed by atoms with Crippen molar-refractivity contribution in [3.8, 4) is 0 Å². The molecule has 0 unspecified atom stereocenters. The van der Waals surface area contributed by atoms with Crippen molar-refractivity contribution in [1.29, 1.82) is 0 Å². The molecular weight excluding hydrogens is 367 g/mol. The second-order valence-electron chi connectivity index (χ2n) is 5.79. The topological polar surface area (TPSA) is 114 Å². The third-order valence-electron chi connectivity index (χ3n) is 3.89. The minimum absolute atomic E-state index is 0.171. The SMILES string of the molecule is CCCCn1c(N)c(N(C)C(=O)c2ccc(C(F)(F)F)nc2)c(=O)[nH]c1=O. The van der Waals surface area contributed by atoms with Gasteiger partial charge in [-0.25, -0.2) is 4.79 Å². The number of carbonyl (C=O) groups is 1. The van der Waals surface area contributed by atoms with Crippen LogP contribution in [0.4, 0.5) is 24.7 Å². The van der Waals surface area contributed by atoms with Crippen molar-refractivity contribution < 1.29 is 18.0 Å². The van der Waals surface area contributed by atoms with Gasteiger partial charge in [-0.1, -0.05) is 13.3 Å². The van der Waals surface area contributed by atoms with Crippen LogP contribution in [0.5, 0.6) is 0 Å². The first-order chi connectivity index (χ1) is 12.6. The molecule has 0 fully saturated rings. The molecule has 8 nitrogen and oxygen atoms in total. The summed E-state index contributed by atoms with van der Waals surface area (Å²) in [5.41, 5.74) is 2.75. The highest BCUT2D eigenvalue weighted by Gasteiger charge is 2.32. The molecule has 0 aliphatic carbocycles. The predicted molar refractivity (Wildman–Crippen MR) is 92.6 cm³/mol. The number of carbonyl (C=O) groups excluding carboxylic acids is 1. The van der Waals surface area contributed by atoms with Crippen LogP contribution < -0.4 is 21.9 Å². The van der Waals surface area contributed by atoms with Crippen LogP contribution in [-0.4, -0.2) is 27.5 Å². The minimum atomic E-state index is -4.64. The van der Waals surface area contributed by atoms with Gasteiger partial charge in [0, 0.05) is 19.8 Å². The third kappa shape index (κ3) is 4.18. The highest BCUT2D eigenvalue weighted by atomic mass is 19.4. The Kier molecular flexibility index (Phi) is 5.72. The van der Waals surface area contributed by atoms with E-state index >= 15 is 0 Å². The molecule has 2 rings (SSSR count). The number of unbranched alkanes of at least 4 members (excludes halogenated alkanes) is 1. The maximum Gasteiger partial charge on any atom is 0.433 e. The Bertz CT molecular complexity index is 948. The van der Waals surface area contributed by atoms with Crippen LogP contribution in [0.3, 0.4) is 0 Å². The van der Waals surface area contributed by atoms with Crippen molar-refractivity contribution >= 4 is 17.4 Å². The molecule has 0 bridgehead atoms. The minimum Gasteiger partial charge on any atom is -0.383 e. The Morgan fingerprint density at radius 3 is 2.52 bits per heavy atom. The lowest BCUT2D eigenvalue weighted by Gasteiger charge is -2.20. The summed E-state index contributed by atoms with van der Waals surface area (Å²) in [6.07, 6.45) is -2.48. The number of hydrogen-bond donors (Lipinski definition) is 2. The molecule has 0 aliphatic heterocycles. The molecule has 2 aromatic heterocycles. The van der Waals surface area contributed by atoms with E-state index in [1.54, 1.807) is 0 Å². The van der Waals surface area contributed by atoms with Crippen molar-refractivity contribution in [2.24, 2.45) is 0 Å². The smallest absolute Gasteiger partial charge is 0.383 e. The van der Waals surface area contributed by atoms with Crippen LogP contribution in [0, 0.1) is 0 Å². The molecule has 2 aromatic rings. The Hall–Kier alpha value is -3.11. The lowest BCUT2D eigenvalue weighted by molar-refractivity contribution is -0.141. The lowest BCUT2D eigenvalue weighted by atomic mass is 10.2. The molecule has 146 valence electrons. The Balaban J connectivity index is 2.42. The summed E-state index contributed by atoms with van der Waals surface area (Å²) in [5, 5.41) is 0. The van der Waals surface area contributed by atoms with Gasteiger partial charge in [0.15, 0.2) is 5.69 Å². The van der Waals surface area contributed by atoms with Crippen LogP contribution in [0.25, 0.3) is 0 Å². The van der Waals surface area contributed by atoms with Gasteiger partial charge in [-0.15, -0.1) is 0 Å². The van der Waals surface area contributed by atoms with Crippen molar-refractivity contribution in [3.63, 3.8) is 0 Å². The molecular formula is C16H18F3N5O3. The Morgan fingerprint density at radius 2 is 2.00 bits per heavy atom. The first-order valence-corrected chi connectivity index (χ1v) is 8.01. The number of nitrogens with two attached hydrogens (primary N) is 1. The summed E-state index contributed by atoms with van der Waals surface area (Å²) in [4.78, 5) is 42.8. The molecule has 0 atom stereocenters. The zero-order chi connectivity index (χ0) is 20.4. The predicted octanol–water partition coefficient (Wildman–Crippen LogP) is 1.61. The van der Waals surface area contributed by atoms with E-state index in [9.17, 15) is 27.6 Å². The van der Waals surface area contributed by atoms with Gasteiger partial charge in [-0.3, -0.25) is 24.1 Å². The van der Waals surface area contributed by atoms with E-state index in [0.29, 0.717) is 12.5 Å². The number of anilines is 2. The fourth-order valence-electron chi connectivity index (χ4n) is 2.42. The van der Waals surface area contributed by atoms with Crippen molar-refractivity contribution in [2.45, 2.75) is 32.5 Å². The highest BCUT2D eigenvalue weighted by molar-refractivity contribution is 6.06. The van der Waals surface area contributed by atoms with Crippen LogP contribution in [0.2, 0.25) is 0 Å². The summed E-state index contributed by atoms with van der Waals surface area (Å²) in [6, 6.07) is 1.61. The van der Waals surface area contributed by atoms with Gasteiger partial charge in [-0.05, 0) is 18.6 Å². The maximum absolute atomic E-state index is 12.6. The molecule has 2 heterocycles. The summed E-state index contributed by atoms with van der Waals surface area (Å²) >= 11 is 0. The van der Waals surface area contributed by atoms with Crippen LogP contribution in [-0.2, 0) is 12.7 Å². The third-order valence-corrected chi connectivity index (χ3v) is 3.89. The zero-order valence-corrected chi connectivity index (χ0v) is 14.6. The van der Waals surface area contributed by atoms with Gasteiger partial charge in [0.1, 0.15) is 11.5 Å². The van der Waals surface area contributed by atoms with E-state index in [0.717, 1.165) is 28.2 Å². The number of amides is 1. The summed E-state index contributed by atoms with van der Waals surface area (Å²) in [5.74, 6) is -0.998. The second kappa shape index (κ2) is 7.64. The molecule has 27 heavy (non-hydrogen) atoms. The fraction of sp³-hybridized carbons (Fsp3) is 0.375. The number of halogens is 3. The first kappa shape index (κ1) is 20.2. The normalized spacial score (nSPS) is 11.4. The number of hydrogen-bond acceptors (Lipinski definition) is 5. The number of rotatable bonds is 5. The fourth-order valence-corrected chi connectivity index (χ4v) is 2.42. The van der Waals surface area contributed by atoms with Gasteiger partial charge >= 0.3 is 11.9 Å². The number of aromatic amines is 1. The summed E-state index contributed by atoms with van der Waals surface area (Å²) in [7, 11) is 1.23. The Labute approximate surface area is 151 Å². The molecule has 0 saturated carbocycles. The number of pyridine rings is 1. The highest BCUT2D eigenvalue weighted by Crippen LogP contribution is 2.27. The molecule has 1 amide bonds. The molecule has 0 aliphatic rings. The zero-order valence-electron chi connectivity index (χ0n) is 14.6. The van der Waals surface area contributed by atoms with E-state index in [4.69, 9.17) is 5.73 Å². The lowest BCUT2D eigenvalue weighted by Crippen LogP contribution is -2.39. The molecule has 0 aromatic carbocycles. The number of nitrogen functional groups attached to an aromatic ring is 1. The average Bonchev–Trinajstić information content (AvgIpc) is 2.60. The van der Waals surface area contributed by atoms with E-state index in [-0.39, 0.29) is 23.6 Å². The van der Waals surface area contributed by atoms with Crippen molar-refractivity contribution in [1.82, 2.24) is 14.5 Å². The van der Waals surface area contributed by atoms with Gasteiger partial charge in [0.25, 0.3) is 11.5 Å². The van der Waals surface area contributed by atoms with E-state index < -0.39 is 29.0 Å². The average molecular weight is 385 g/mol. The van der Waals surface area contributed by atoms with Gasteiger partial charge < -0.3 is 10.6 Å². The maximum atomic E-state index is 12.6. The molecule has 0 saturated heterocycles. The molecule has 11 heteroatoms. The van der Waals surface area contributed by atoms with Crippen molar-refractivity contribution in [3.05, 3.63) is 50.4 Å². The number of nitrogens with one attached hydrogen (secondary N) is 1. The van der Waals surface area contributed by atoms with E-state index in [1.165, 1.54) is 7.05 Å².